The molecule has 4 aromatic rings. The number of nitrogens with one attached hydrogen (secondary N) is 1. The van der Waals surface area contributed by atoms with Crippen LogP contribution in [0.3, 0.4) is 0 Å². The first-order valence-electron chi connectivity index (χ1n) is 8.60. The second-order valence-electron chi connectivity index (χ2n) is 5.96. The summed E-state index contributed by atoms with van der Waals surface area (Å²) in [4.78, 5) is 16.7. The Morgan fingerprint density at radius 3 is 2.72 bits per heavy atom. The van der Waals surface area contributed by atoms with Crippen molar-refractivity contribution in [1.29, 1.82) is 0 Å². The zero-order valence-electron chi connectivity index (χ0n) is 15.3. The summed E-state index contributed by atoms with van der Waals surface area (Å²) in [5.74, 6) is 1.37. The van der Waals surface area contributed by atoms with E-state index < -0.39 is 5.82 Å². The lowest BCUT2D eigenvalue weighted by Crippen LogP contribution is -2.08. The Kier molecular flexibility index (Phi) is 4.97. The average molecular weight is 393 g/mol. The van der Waals surface area contributed by atoms with Gasteiger partial charge < -0.3 is 20.3 Å². The Morgan fingerprint density at radius 2 is 1.90 bits per heavy atom. The first kappa shape index (κ1) is 18.3. The molecule has 0 saturated heterocycles. The van der Waals surface area contributed by atoms with Gasteiger partial charge in [-0.2, -0.15) is 19.9 Å². The molecular formula is C19H16FN7O2. The van der Waals surface area contributed by atoms with Gasteiger partial charge in [0.2, 0.25) is 11.9 Å². The smallest absolute Gasteiger partial charge is 0.258 e. The number of halogens is 1. The van der Waals surface area contributed by atoms with Crippen LogP contribution < -0.4 is 15.8 Å². The number of benzene rings is 2. The van der Waals surface area contributed by atoms with Crippen LogP contribution in [-0.2, 0) is 6.42 Å². The number of para-hydroxylation sites is 1. The highest BCUT2D eigenvalue weighted by atomic mass is 19.1. The van der Waals surface area contributed by atoms with Gasteiger partial charge in [-0.1, -0.05) is 23.4 Å². The van der Waals surface area contributed by atoms with Crippen LogP contribution in [0.25, 0.3) is 11.5 Å². The van der Waals surface area contributed by atoms with Gasteiger partial charge in [-0.25, -0.2) is 4.39 Å². The van der Waals surface area contributed by atoms with Gasteiger partial charge in [0.1, 0.15) is 17.4 Å². The van der Waals surface area contributed by atoms with Crippen LogP contribution >= 0.6 is 0 Å². The molecule has 2 aromatic heterocycles. The summed E-state index contributed by atoms with van der Waals surface area (Å²) in [5, 5.41) is 6.74. The van der Waals surface area contributed by atoms with E-state index in [9.17, 15) is 4.39 Å². The van der Waals surface area contributed by atoms with Gasteiger partial charge in [0.05, 0.1) is 19.2 Å². The van der Waals surface area contributed by atoms with E-state index in [1.165, 1.54) is 6.07 Å². The van der Waals surface area contributed by atoms with Gasteiger partial charge in [-0.3, -0.25) is 0 Å². The Hall–Kier alpha value is -4.08. The van der Waals surface area contributed by atoms with Crippen LogP contribution in [0.1, 0.15) is 11.6 Å². The standard InChI is InChI=1S/C19H16FN7O2/c1-28-12-6-4-5-11(9-12)17-23-16(27-29-17)10-15-24-18(21)26-19(25-15)22-14-8-3-2-7-13(14)20/h2-9H,10H2,1H3,(H3,21,22,24,25,26). The molecule has 3 N–H and O–H groups in total. The van der Waals surface area contributed by atoms with Gasteiger partial charge in [-0.15, -0.1) is 0 Å². The van der Waals surface area contributed by atoms with Crippen LogP contribution in [0, 0.1) is 5.82 Å². The fourth-order valence-electron chi connectivity index (χ4n) is 2.60. The maximum absolute atomic E-state index is 13.8. The number of nitrogens with zero attached hydrogens (tertiary/aromatic N) is 5. The van der Waals surface area contributed by atoms with E-state index >= 15 is 0 Å². The van der Waals surface area contributed by atoms with E-state index in [1.54, 1.807) is 31.4 Å². The molecule has 9 nitrogen and oxygen atoms in total. The highest BCUT2D eigenvalue weighted by Gasteiger charge is 2.13. The van der Waals surface area contributed by atoms with E-state index in [1.807, 2.05) is 18.2 Å². The Balaban J connectivity index is 1.55. The highest BCUT2D eigenvalue weighted by Crippen LogP contribution is 2.23. The van der Waals surface area contributed by atoms with E-state index in [-0.39, 0.29) is 24.0 Å². The molecule has 2 aromatic carbocycles. The molecule has 0 aliphatic carbocycles. The maximum Gasteiger partial charge on any atom is 0.258 e. The summed E-state index contributed by atoms with van der Waals surface area (Å²) < 4.78 is 24.3. The molecule has 0 radical (unpaired) electrons. The second-order valence-corrected chi connectivity index (χ2v) is 5.96. The SMILES string of the molecule is COc1cccc(-c2nc(Cc3nc(N)nc(Nc4ccccc4F)n3)no2)c1. The minimum absolute atomic E-state index is 0.00893. The quantitative estimate of drug-likeness (QED) is 0.508. The molecule has 4 rings (SSSR count). The van der Waals surface area contributed by atoms with Crippen LogP contribution in [0.15, 0.2) is 53.1 Å². The molecule has 0 atom stereocenters. The van der Waals surface area contributed by atoms with Crippen molar-refractivity contribution in [1.82, 2.24) is 25.1 Å². The minimum atomic E-state index is -0.436. The number of nitrogen functional groups attached to an aromatic ring is 1. The number of nitrogens with two attached hydrogens (primary N) is 1. The molecular weight excluding hydrogens is 377 g/mol. The van der Waals surface area contributed by atoms with Crippen molar-refractivity contribution in [3.8, 4) is 17.2 Å². The van der Waals surface area contributed by atoms with Crippen LogP contribution in [0.4, 0.5) is 22.0 Å². The van der Waals surface area contributed by atoms with Crippen molar-refractivity contribution in [2.24, 2.45) is 0 Å². The van der Waals surface area contributed by atoms with Crippen molar-refractivity contribution in [3.63, 3.8) is 0 Å². The topological polar surface area (TPSA) is 125 Å². The number of ether oxygens (including phenoxy) is 1. The summed E-state index contributed by atoms with van der Waals surface area (Å²) >= 11 is 0. The number of aromatic nitrogens is 5. The summed E-state index contributed by atoms with van der Waals surface area (Å²) in [6.45, 7) is 0. The first-order chi connectivity index (χ1) is 14.1. The van der Waals surface area contributed by atoms with Gasteiger partial charge in [0.25, 0.3) is 5.89 Å². The number of hydrogen-bond donors (Lipinski definition) is 2. The van der Waals surface area contributed by atoms with E-state index in [4.69, 9.17) is 15.0 Å². The maximum atomic E-state index is 13.8. The zero-order chi connectivity index (χ0) is 20.2. The van der Waals surface area contributed by atoms with Crippen LogP contribution in [0.5, 0.6) is 5.75 Å². The summed E-state index contributed by atoms with van der Waals surface area (Å²) in [5.41, 5.74) is 6.71. The second kappa shape index (κ2) is 7.89. The van der Waals surface area contributed by atoms with Crippen LogP contribution in [0.2, 0.25) is 0 Å². The number of methoxy groups -OCH3 is 1. The van der Waals surface area contributed by atoms with Crippen LogP contribution in [-0.4, -0.2) is 32.2 Å². The molecule has 10 heteroatoms. The molecule has 2 heterocycles. The summed E-state index contributed by atoms with van der Waals surface area (Å²) in [7, 11) is 1.58. The highest BCUT2D eigenvalue weighted by molar-refractivity contribution is 5.56. The molecule has 0 spiro atoms. The predicted octanol–water partition coefficient (Wildman–Crippen LogP) is 2.99. The fourth-order valence-corrected chi connectivity index (χ4v) is 2.60. The summed E-state index contributed by atoms with van der Waals surface area (Å²) in [6.07, 6.45) is 0.159. The lowest BCUT2D eigenvalue weighted by atomic mass is 10.2. The predicted molar refractivity (Wildman–Crippen MR) is 103 cm³/mol. The number of anilines is 3. The van der Waals surface area contributed by atoms with Crippen molar-refractivity contribution in [2.45, 2.75) is 6.42 Å². The molecule has 0 saturated carbocycles. The first-order valence-corrected chi connectivity index (χ1v) is 8.60. The van der Waals surface area contributed by atoms with E-state index in [0.717, 1.165) is 5.56 Å². The van der Waals surface area contributed by atoms with Crippen molar-refractivity contribution in [2.75, 3.05) is 18.2 Å². The Labute approximate surface area is 164 Å². The van der Waals surface area contributed by atoms with Gasteiger partial charge in [0, 0.05) is 5.56 Å². The van der Waals surface area contributed by atoms with Crippen molar-refractivity contribution in [3.05, 3.63) is 66.0 Å². The van der Waals surface area contributed by atoms with E-state index in [0.29, 0.717) is 23.3 Å². The molecule has 0 aliphatic heterocycles. The monoisotopic (exact) mass is 393 g/mol. The molecule has 0 fully saturated rings. The molecule has 0 unspecified atom stereocenters. The molecule has 0 bridgehead atoms. The molecule has 0 aliphatic rings. The lowest BCUT2D eigenvalue weighted by molar-refractivity contribution is 0.412. The lowest BCUT2D eigenvalue weighted by Gasteiger charge is -2.07. The third kappa shape index (κ3) is 4.26. The molecule has 146 valence electrons. The van der Waals surface area contributed by atoms with Crippen molar-refractivity contribution < 1.29 is 13.7 Å². The largest absolute Gasteiger partial charge is 0.497 e. The fraction of sp³-hybridized carbons (Fsp3) is 0.105. The third-order valence-electron chi connectivity index (χ3n) is 3.92. The van der Waals surface area contributed by atoms with Gasteiger partial charge in [0.15, 0.2) is 5.82 Å². The number of hydrogen-bond acceptors (Lipinski definition) is 9. The minimum Gasteiger partial charge on any atom is -0.497 e. The molecule has 0 amide bonds. The van der Waals surface area contributed by atoms with Crippen molar-refractivity contribution >= 4 is 17.6 Å². The Morgan fingerprint density at radius 1 is 1.03 bits per heavy atom. The summed E-state index contributed by atoms with van der Waals surface area (Å²) in [6, 6.07) is 13.4. The van der Waals surface area contributed by atoms with Gasteiger partial charge in [-0.05, 0) is 30.3 Å². The zero-order valence-corrected chi connectivity index (χ0v) is 15.3. The van der Waals surface area contributed by atoms with Gasteiger partial charge >= 0.3 is 0 Å². The average Bonchev–Trinajstić information content (AvgIpc) is 3.18. The normalized spacial score (nSPS) is 10.7. The Bertz CT molecular complexity index is 1150. The van der Waals surface area contributed by atoms with E-state index in [2.05, 4.69) is 30.4 Å². The molecule has 29 heavy (non-hydrogen) atoms. The third-order valence-corrected chi connectivity index (χ3v) is 3.92. The number of rotatable bonds is 6.